The smallest absolute Gasteiger partial charge is 0.316 e. The van der Waals surface area contributed by atoms with Crippen molar-refractivity contribution in [3.05, 3.63) is 12.2 Å². The topological polar surface area (TPSA) is 52.6 Å². The largest absolute Gasteiger partial charge is 0.464 e. The lowest BCUT2D eigenvalue weighted by Crippen LogP contribution is -2.67. The number of hydrogen-bond acceptors (Lipinski definition) is 4. The van der Waals surface area contributed by atoms with Gasteiger partial charge in [0.1, 0.15) is 16.8 Å². The molecular formula is C34H52Br2O4. The second-order valence-corrected chi connectivity index (χ2v) is 16.9. The van der Waals surface area contributed by atoms with Crippen LogP contribution in [0.3, 0.4) is 0 Å². The molecule has 40 heavy (non-hydrogen) atoms. The van der Waals surface area contributed by atoms with E-state index in [4.69, 9.17) is 9.47 Å². The quantitative estimate of drug-likeness (QED) is 0.159. The van der Waals surface area contributed by atoms with Crippen molar-refractivity contribution in [2.75, 3.05) is 17.3 Å². The van der Waals surface area contributed by atoms with Crippen molar-refractivity contribution in [2.45, 2.75) is 112 Å². The van der Waals surface area contributed by atoms with Gasteiger partial charge in [0.2, 0.25) is 0 Å². The third-order valence-corrected chi connectivity index (χ3v) is 15.1. The first-order valence-corrected chi connectivity index (χ1v) is 18.1. The highest BCUT2D eigenvalue weighted by atomic mass is 79.9. The van der Waals surface area contributed by atoms with Crippen LogP contribution in [0.2, 0.25) is 0 Å². The van der Waals surface area contributed by atoms with Gasteiger partial charge in [0.15, 0.2) is 0 Å². The Hall–Kier alpha value is -0.360. The maximum absolute atomic E-state index is 12.3. The predicted octanol–water partition coefficient (Wildman–Crippen LogP) is 8.89. The second-order valence-electron chi connectivity index (χ2n) is 15.8. The predicted molar refractivity (Wildman–Crippen MR) is 167 cm³/mol. The molecule has 5 aliphatic rings. The van der Waals surface area contributed by atoms with Crippen LogP contribution < -0.4 is 0 Å². The minimum absolute atomic E-state index is 0.000696. The number of carbonyl (C=O) groups excluding carboxylic acids is 2. The van der Waals surface area contributed by atoms with Crippen LogP contribution >= 0.6 is 31.9 Å². The molecule has 5 aliphatic carbocycles. The van der Waals surface area contributed by atoms with Crippen molar-refractivity contribution in [1.29, 1.82) is 0 Å². The van der Waals surface area contributed by atoms with Crippen LogP contribution in [0.25, 0.3) is 0 Å². The Balaban J connectivity index is 1.47. The molecule has 4 nitrogen and oxygen atoms in total. The molecule has 0 radical (unpaired) electrons. The van der Waals surface area contributed by atoms with E-state index in [0.29, 0.717) is 36.2 Å². The normalized spacial score (nSPS) is 47.2. The average Bonchev–Trinajstić information content (AvgIpc) is 3.29. The van der Waals surface area contributed by atoms with Crippen LogP contribution in [0.4, 0.5) is 0 Å². The van der Waals surface area contributed by atoms with Crippen LogP contribution in [-0.4, -0.2) is 35.3 Å². The second kappa shape index (κ2) is 10.7. The molecule has 5 fully saturated rings. The molecular weight excluding hydrogens is 632 g/mol. The van der Waals surface area contributed by atoms with Gasteiger partial charge in [-0.1, -0.05) is 78.6 Å². The third-order valence-electron chi connectivity index (χ3n) is 14.2. The van der Waals surface area contributed by atoms with Crippen molar-refractivity contribution in [1.82, 2.24) is 0 Å². The molecule has 0 heterocycles. The Morgan fingerprint density at radius 3 is 2.15 bits per heavy atom. The number of rotatable bonds is 6. The lowest BCUT2D eigenvalue weighted by molar-refractivity contribution is -0.251. The van der Waals surface area contributed by atoms with E-state index in [2.05, 4.69) is 80.0 Å². The number of allylic oxidation sites excluding steroid dienone is 1. The summed E-state index contributed by atoms with van der Waals surface area (Å²) in [6.45, 7) is 20.0. The van der Waals surface area contributed by atoms with Gasteiger partial charge >= 0.3 is 11.9 Å². The summed E-state index contributed by atoms with van der Waals surface area (Å²) < 4.78 is 11.9. The molecule has 5 saturated carbocycles. The van der Waals surface area contributed by atoms with E-state index in [9.17, 15) is 9.59 Å². The number of carbonyl (C=O) groups is 2. The number of halogens is 2. The molecule has 0 aromatic heterocycles. The van der Waals surface area contributed by atoms with Gasteiger partial charge in [-0.05, 0) is 117 Å². The van der Waals surface area contributed by atoms with E-state index in [1.54, 1.807) is 0 Å². The molecule has 5 unspecified atom stereocenters. The monoisotopic (exact) mass is 682 g/mol. The number of ether oxygens (including phenoxy) is 2. The van der Waals surface area contributed by atoms with Gasteiger partial charge in [-0.2, -0.15) is 0 Å². The van der Waals surface area contributed by atoms with Gasteiger partial charge in [-0.15, -0.1) is 0 Å². The zero-order valence-corrected chi connectivity index (χ0v) is 28.9. The minimum Gasteiger partial charge on any atom is -0.464 e. The van der Waals surface area contributed by atoms with Crippen LogP contribution in [0.1, 0.15) is 106 Å². The van der Waals surface area contributed by atoms with Gasteiger partial charge in [-0.3, -0.25) is 9.59 Å². The van der Waals surface area contributed by atoms with Gasteiger partial charge < -0.3 is 9.47 Å². The maximum atomic E-state index is 12.3. The van der Waals surface area contributed by atoms with Crippen molar-refractivity contribution < 1.29 is 19.1 Å². The Morgan fingerprint density at radius 2 is 1.50 bits per heavy atom. The molecule has 0 aromatic carbocycles. The molecule has 0 spiro atoms. The van der Waals surface area contributed by atoms with Crippen LogP contribution in [0.5, 0.6) is 0 Å². The first-order valence-electron chi connectivity index (χ1n) is 15.8. The summed E-state index contributed by atoms with van der Waals surface area (Å²) in [6.07, 6.45) is 11.8. The average molecular weight is 685 g/mol. The summed E-state index contributed by atoms with van der Waals surface area (Å²) >= 11 is 6.60. The number of hydrogen-bond donors (Lipinski definition) is 0. The Bertz CT molecular complexity index is 1040. The van der Waals surface area contributed by atoms with Gasteiger partial charge in [0, 0.05) is 10.8 Å². The van der Waals surface area contributed by atoms with Gasteiger partial charge in [0.25, 0.3) is 0 Å². The lowest BCUT2D eigenvalue weighted by atomic mass is 9.32. The molecule has 6 heteroatoms. The molecule has 0 bridgehead atoms. The zero-order chi connectivity index (χ0) is 29.3. The number of fused-ring (bicyclic) bond motifs is 7. The van der Waals surface area contributed by atoms with Crippen LogP contribution in [-0.2, 0) is 19.1 Å². The van der Waals surface area contributed by atoms with Crippen LogP contribution in [0, 0.1) is 56.7 Å². The molecule has 0 N–H and O–H groups in total. The molecule has 0 saturated heterocycles. The lowest BCUT2D eigenvalue weighted by Gasteiger charge is -2.73. The Kier molecular flexibility index (Phi) is 8.29. The molecule has 0 aromatic rings. The van der Waals surface area contributed by atoms with Crippen LogP contribution in [0.15, 0.2) is 12.2 Å². The summed E-state index contributed by atoms with van der Waals surface area (Å²) in [5.74, 6) is 2.67. The zero-order valence-electron chi connectivity index (χ0n) is 25.8. The van der Waals surface area contributed by atoms with E-state index in [0.717, 1.165) is 25.7 Å². The first kappa shape index (κ1) is 31.1. The standard InChI is InChI=1S/C34H52Br2O4/c1-21(2)22-10-15-34(20-39-27(37)18-35)17-16-32(6)23(29(22)34)8-9-25-31(5)13-12-26(40-28(38)19-36)30(3,4)24(31)11-14-33(25,32)7/h22-26,29H,1,8-20H2,2-7H3/t22?,23?,24?,25?,26-,29?,31-,32+,33+,34+/m0/s1. The summed E-state index contributed by atoms with van der Waals surface area (Å²) in [6, 6.07) is 0. The molecule has 226 valence electrons. The van der Waals surface area contributed by atoms with E-state index in [-0.39, 0.29) is 55.8 Å². The summed E-state index contributed by atoms with van der Waals surface area (Å²) in [4.78, 5) is 24.5. The number of alkyl halides is 2. The van der Waals surface area contributed by atoms with Crippen molar-refractivity contribution in [3.63, 3.8) is 0 Å². The molecule has 0 aliphatic heterocycles. The summed E-state index contributed by atoms with van der Waals surface area (Å²) in [5, 5.41) is 0.538. The van der Waals surface area contributed by atoms with Crippen molar-refractivity contribution >= 4 is 43.8 Å². The Labute approximate surface area is 259 Å². The third kappa shape index (κ3) is 4.44. The summed E-state index contributed by atoms with van der Waals surface area (Å²) in [7, 11) is 0. The highest BCUT2D eigenvalue weighted by Crippen LogP contribution is 2.77. The van der Waals surface area contributed by atoms with E-state index in [1.165, 1.54) is 44.1 Å². The maximum Gasteiger partial charge on any atom is 0.316 e. The highest BCUT2D eigenvalue weighted by Gasteiger charge is 2.71. The fourth-order valence-corrected chi connectivity index (χ4v) is 12.5. The fourth-order valence-electron chi connectivity index (χ4n) is 12.2. The first-order chi connectivity index (χ1) is 18.7. The van der Waals surface area contributed by atoms with Crippen molar-refractivity contribution in [3.8, 4) is 0 Å². The van der Waals surface area contributed by atoms with Crippen molar-refractivity contribution in [2.24, 2.45) is 56.7 Å². The molecule has 5 rings (SSSR count). The fraction of sp³-hybridized carbons (Fsp3) is 0.882. The molecule has 10 atom stereocenters. The SMILES string of the molecule is C=C(C)C1CC[C@]2(COC(=O)CBr)CC[C@]3(C)C(CCC4[C@@]5(C)CC[C@H](OC(=O)CBr)C(C)(C)C5CC[C@]43C)C12. The van der Waals surface area contributed by atoms with Gasteiger partial charge in [-0.25, -0.2) is 0 Å². The number of esters is 2. The molecule has 0 amide bonds. The highest BCUT2D eigenvalue weighted by molar-refractivity contribution is 9.09. The van der Waals surface area contributed by atoms with E-state index >= 15 is 0 Å². The Morgan fingerprint density at radius 1 is 0.800 bits per heavy atom. The van der Waals surface area contributed by atoms with Gasteiger partial charge in [0.05, 0.1) is 6.61 Å². The minimum atomic E-state index is -0.137. The summed E-state index contributed by atoms with van der Waals surface area (Å²) in [5.41, 5.74) is 2.18. The van der Waals surface area contributed by atoms with E-state index in [1.807, 2.05) is 0 Å². The van der Waals surface area contributed by atoms with E-state index < -0.39 is 0 Å².